The van der Waals surface area contributed by atoms with E-state index in [0.717, 1.165) is 22.1 Å². The van der Waals surface area contributed by atoms with Crippen LogP contribution in [0, 0.1) is 0 Å². The molecule has 0 amide bonds. The number of hydrogen-bond acceptors (Lipinski definition) is 3. The number of carbonyl (C=O) groups is 1. The van der Waals surface area contributed by atoms with Gasteiger partial charge in [0.1, 0.15) is 5.75 Å². The number of aromatic amines is 1. The average molecular weight is 281 g/mol. The lowest BCUT2D eigenvalue weighted by molar-refractivity contribution is 0.112. The lowest BCUT2D eigenvalue weighted by atomic mass is 10.1. The molecular formula is C11H9BrN2O2. The van der Waals surface area contributed by atoms with Crippen LogP contribution in [0.25, 0.3) is 11.3 Å². The first-order valence-electron chi connectivity index (χ1n) is 4.58. The van der Waals surface area contributed by atoms with Gasteiger partial charge in [-0.15, -0.1) is 0 Å². The van der Waals surface area contributed by atoms with Crippen LogP contribution in [0.3, 0.4) is 0 Å². The maximum absolute atomic E-state index is 10.8. The van der Waals surface area contributed by atoms with Crippen molar-refractivity contribution in [1.29, 1.82) is 0 Å². The number of aldehydes is 1. The fourth-order valence-electron chi connectivity index (χ4n) is 1.43. The number of ether oxygens (including phenoxy) is 1. The Kier molecular flexibility index (Phi) is 3.05. The molecule has 0 spiro atoms. The van der Waals surface area contributed by atoms with E-state index in [4.69, 9.17) is 4.74 Å². The zero-order valence-corrected chi connectivity index (χ0v) is 10.1. The molecule has 5 heteroatoms. The van der Waals surface area contributed by atoms with Crippen LogP contribution >= 0.6 is 15.9 Å². The van der Waals surface area contributed by atoms with E-state index in [9.17, 15) is 4.79 Å². The number of rotatable bonds is 3. The molecule has 0 aliphatic heterocycles. The van der Waals surface area contributed by atoms with Crippen LogP contribution in [0.4, 0.5) is 0 Å². The van der Waals surface area contributed by atoms with Gasteiger partial charge in [0.15, 0.2) is 6.29 Å². The summed E-state index contributed by atoms with van der Waals surface area (Å²) in [6, 6.07) is 5.53. The third-order valence-electron chi connectivity index (χ3n) is 2.24. The number of nitrogens with one attached hydrogen (secondary N) is 1. The van der Waals surface area contributed by atoms with Gasteiger partial charge >= 0.3 is 0 Å². The Morgan fingerprint density at radius 2 is 2.31 bits per heavy atom. The van der Waals surface area contributed by atoms with E-state index in [-0.39, 0.29) is 0 Å². The van der Waals surface area contributed by atoms with Crippen LogP contribution in [-0.4, -0.2) is 23.6 Å². The molecular weight excluding hydrogens is 272 g/mol. The summed E-state index contributed by atoms with van der Waals surface area (Å²) in [5, 5.41) is 6.64. The number of benzene rings is 1. The van der Waals surface area contributed by atoms with Gasteiger partial charge in [-0.05, 0) is 34.1 Å². The molecule has 1 N–H and O–H groups in total. The minimum Gasteiger partial charge on any atom is -0.497 e. The lowest BCUT2D eigenvalue weighted by Crippen LogP contribution is -1.88. The van der Waals surface area contributed by atoms with E-state index in [1.165, 1.54) is 6.20 Å². The summed E-state index contributed by atoms with van der Waals surface area (Å²) in [5.41, 5.74) is 2.11. The van der Waals surface area contributed by atoms with Crippen molar-refractivity contribution in [2.45, 2.75) is 0 Å². The van der Waals surface area contributed by atoms with Crippen molar-refractivity contribution in [3.63, 3.8) is 0 Å². The number of methoxy groups -OCH3 is 1. The van der Waals surface area contributed by atoms with E-state index in [0.29, 0.717) is 11.3 Å². The highest BCUT2D eigenvalue weighted by molar-refractivity contribution is 9.10. The van der Waals surface area contributed by atoms with E-state index in [1.807, 2.05) is 18.2 Å². The molecule has 0 aliphatic carbocycles. The van der Waals surface area contributed by atoms with Crippen LogP contribution < -0.4 is 4.74 Å². The third-order valence-corrected chi connectivity index (χ3v) is 2.90. The molecule has 1 heterocycles. The fourth-order valence-corrected chi connectivity index (χ4v) is 1.98. The summed E-state index contributed by atoms with van der Waals surface area (Å²) in [4.78, 5) is 10.8. The number of halogens is 1. The summed E-state index contributed by atoms with van der Waals surface area (Å²) >= 11 is 3.43. The van der Waals surface area contributed by atoms with Crippen LogP contribution in [-0.2, 0) is 0 Å². The molecule has 0 saturated heterocycles. The largest absolute Gasteiger partial charge is 0.497 e. The first-order valence-corrected chi connectivity index (χ1v) is 5.38. The number of H-pyrrole nitrogens is 1. The van der Waals surface area contributed by atoms with E-state index < -0.39 is 0 Å². The molecule has 1 aromatic heterocycles. The number of aromatic nitrogens is 2. The van der Waals surface area contributed by atoms with Gasteiger partial charge in [0.25, 0.3) is 0 Å². The topological polar surface area (TPSA) is 55.0 Å². The van der Waals surface area contributed by atoms with Crippen LogP contribution in [0.1, 0.15) is 10.4 Å². The van der Waals surface area contributed by atoms with Gasteiger partial charge in [0.05, 0.1) is 24.6 Å². The van der Waals surface area contributed by atoms with E-state index in [2.05, 4.69) is 26.1 Å². The molecule has 82 valence electrons. The van der Waals surface area contributed by atoms with Gasteiger partial charge in [-0.25, -0.2) is 0 Å². The van der Waals surface area contributed by atoms with Crippen molar-refractivity contribution >= 4 is 22.2 Å². The highest BCUT2D eigenvalue weighted by Gasteiger charge is 2.10. The van der Waals surface area contributed by atoms with Crippen molar-refractivity contribution in [3.05, 3.63) is 34.4 Å². The minimum absolute atomic E-state index is 0.533. The predicted octanol–water partition coefficient (Wildman–Crippen LogP) is 2.66. The molecule has 2 rings (SSSR count). The molecule has 0 unspecified atom stereocenters. The molecule has 4 nitrogen and oxygen atoms in total. The van der Waals surface area contributed by atoms with Gasteiger partial charge in [0, 0.05) is 10.0 Å². The van der Waals surface area contributed by atoms with Gasteiger partial charge in [-0.1, -0.05) is 0 Å². The highest BCUT2D eigenvalue weighted by Crippen LogP contribution is 2.31. The first kappa shape index (κ1) is 10.9. The second kappa shape index (κ2) is 4.49. The molecule has 0 atom stereocenters. The van der Waals surface area contributed by atoms with Crippen molar-refractivity contribution in [3.8, 4) is 17.0 Å². The maximum atomic E-state index is 10.8. The molecule has 0 saturated carbocycles. The van der Waals surface area contributed by atoms with Crippen LogP contribution in [0.15, 0.2) is 28.9 Å². The summed E-state index contributed by atoms with van der Waals surface area (Å²) in [5.74, 6) is 0.753. The molecule has 0 fully saturated rings. The Morgan fingerprint density at radius 1 is 1.50 bits per heavy atom. The summed E-state index contributed by atoms with van der Waals surface area (Å²) in [6.45, 7) is 0. The monoisotopic (exact) mass is 280 g/mol. The summed E-state index contributed by atoms with van der Waals surface area (Å²) in [7, 11) is 1.61. The zero-order valence-electron chi connectivity index (χ0n) is 8.53. The van der Waals surface area contributed by atoms with Crippen molar-refractivity contribution < 1.29 is 9.53 Å². The SMILES string of the molecule is COc1ccc(-c2[nH]ncc2C=O)c(Br)c1. The molecule has 0 bridgehead atoms. The third kappa shape index (κ3) is 1.86. The predicted molar refractivity (Wildman–Crippen MR) is 63.7 cm³/mol. The molecule has 0 radical (unpaired) electrons. The smallest absolute Gasteiger partial charge is 0.153 e. The average Bonchev–Trinajstić information content (AvgIpc) is 2.76. The van der Waals surface area contributed by atoms with Crippen molar-refractivity contribution in [2.24, 2.45) is 0 Å². The summed E-state index contributed by atoms with van der Waals surface area (Å²) < 4.78 is 5.95. The number of hydrogen-bond donors (Lipinski definition) is 1. The second-order valence-electron chi connectivity index (χ2n) is 3.16. The quantitative estimate of drug-likeness (QED) is 0.880. The Balaban J connectivity index is 2.52. The molecule has 0 aliphatic rings. The number of carbonyl (C=O) groups excluding carboxylic acids is 1. The van der Waals surface area contributed by atoms with Crippen LogP contribution in [0.5, 0.6) is 5.75 Å². The lowest BCUT2D eigenvalue weighted by Gasteiger charge is -2.05. The van der Waals surface area contributed by atoms with Gasteiger partial charge in [-0.2, -0.15) is 5.10 Å². The van der Waals surface area contributed by atoms with E-state index in [1.54, 1.807) is 7.11 Å². The number of nitrogens with zero attached hydrogens (tertiary/aromatic N) is 1. The zero-order chi connectivity index (χ0) is 11.5. The molecule has 1 aromatic carbocycles. The van der Waals surface area contributed by atoms with Gasteiger partial charge in [0.2, 0.25) is 0 Å². The fraction of sp³-hybridized carbons (Fsp3) is 0.0909. The van der Waals surface area contributed by atoms with Crippen molar-refractivity contribution in [2.75, 3.05) is 7.11 Å². The molecule has 2 aromatic rings. The first-order chi connectivity index (χ1) is 7.76. The van der Waals surface area contributed by atoms with E-state index >= 15 is 0 Å². The highest BCUT2D eigenvalue weighted by atomic mass is 79.9. The maximum Gasteiger partial charge on any atom is 0.153 e. The second-order valence-corrected chi connectivity index (χ2v) is 4.02. The Labute approximate surface area is 101 Å². The van der Waals surface area contributed by atoms with Gasteiger partial charge < -0.3 is 4.74 Å². The van der Waals surface area contributed by atoms with Crippen molar-refractivity contribution in [1.82, 2.24) is 10.2 Å². The normalized spacial score (nSPS) is 10.1. The minimum atomic E-state index is 0.533. The summed E-state index contributed by atoms with van der Waals surface area (Å²) in [6.07, 6.45) is 2.27. The standard InChI is InChI=1S/C11H9BrN2O2/c1-16-8-2-3-9(10(12)4-8)11-7(6-15)5-13-14-11/h2-6H,1H3,(H,13,14). The van der Waals surface area contributed by atoms with Crippen LogP contribution in [0.2, 0.25) is 0 Å². The Bertz CT molecular complexity index is 522. The Morgan fingerprint density at radius 3 is 2.94 bits per heavy atom. The Hall–Kier alpha value is -1.62. The van der Waals surface area contributed by atoms with Gasteiger partial charge in [-0.3, -0.25) is 9.89 Å². The molecule has 16 heavy (non-hydrogen) atoms.